The highest BCUT2D eigenvalue weighted by Gasteiger charge is 2.96. The van der Waals surface area contributed by atoms with Crippen LogP contribution in [0.15, 0.2) is 59.4 Å². The molecular formula is C64H80N2O11. The molecule has 0 radical (unpaired) electrons. The van der Waals surface area contributed by atoms with Gasteiger partial charge in [-0.2, -0.15) is 0 Å². The summed E-state index contributed by atoms with van der Waals surface area (Å²) in [5.74, 6) is 6.04. The van der Waals surface area contributed by atoms with Crippen molar-refractivity contribution in [2.45, 2.75) is 184 Å². The lowest BCUT2D eigenvalue weighted by Gasteiger charge is -2.72. The molecule has 5 saturated heterocycles. The van der Waals surface area contributed by atoms with Crippen molar-refractivity contribution >= 4 is 17.7 Å². The van der Waals surface area contributed by atoms with Crippen molar-refractivity contribution in [3.05, 3.63) is 71.8 Å². The summed E-state index contributed by atoms with van der Waals surface area (Å²) >= 11 is 0. The Bertz CT molecular complexity index is 2850. The zero-order chi connectivity index (χ0) is 52.7. The number of rotatable bonds is 8. The van der Waals surface area contributed by atoms with E-state index in [9.17, 15) is 20.1 Å². The summed E-state index contributed by atoms with van der Waals surface area (Å²) in [5, 5.41) is 40.4. The van der Waals surface area contributed by atoms with E-state index in [4.69, 9.17) is 23.4 Å². The highest BCUT2D eigenvalue weighted by atomic mass is 16.7. The molecule has 5 spiro atoms. The molecule has 13 aliphatic rings. The van der Waals surface area contributed by atoms with Crippen LogP contribution in [0.25, 0.3) is 0 Å². The molecule has 20 atom stereocenters. The van der Waals surface area contributed by atoms with Gasteiger partial charge in [0.05, 0.1) is 55.1 Å². The van der Waals surface area contributed by atoms with Gasteiger partial charge in [0.2, 0.25) is 0 Å². The molecule has 7 aliphatic carbocycles. The van der Waals surface area contributed by atoms with E-state index in [2.05, 4.69) is 65.5 Å². The molecule has 6 saturated carbocycles. The number of aliphatic hydroxyl groups is 3. The number of esters is 2. The number of carbonyl (C=O) groups is 3. The van der Waals surface area contributed by atoms with Crippen LogP contribution in [0, 0.1) is 92.2 Å². The first-order valence-electron chi connectivity index (χ1n) is 30.1. The van der Waals surface area contributed by atoms with Crippen LogP contribution in [0.3, 0.4) is 0 Å². The van der Waals surface area contributed by atoms with Gasteiger partial charge >= 0.3 is 11.9 Å². The van der Waals surface area contributed by atoms with E-state index < -0.39 is 87.3 Å². The summed E-state index contributed by atoms with van der Waals surface area (Å²) in [6, 6.07) is 13.0. The van der Waals surface area contributed by atoms with Gasteiger partial charge in [-0.3, -0.25) is 14.9 Å². The normalized spacial score (nSPS) is 47.8. The minimum atomic E-state index is -1.55. The second-order valence-electron chi connectivity index (χ2n) is 28.3. The van der Waals surface area contributed by atoms with Crippen LogP contribution in [-0.4, -0.2) is 106 Å². The minimum absolute atomic E-state index is 0.00258. The van der Waals surface area contributed by atoms with Crippen LogP contribution >= 0.6 is 0 Å². The number of ketones is 1. The number of nitrogens with one attached hydrogen (secondary N) is 1. The topological polar surface area (TPSA) is 181 Å². The standard InChI is InChI=1S/C64H80N2O11/c1-57(2)51-50(69)52(70)63-45-29-38(28-37-10-5-4-6-11-37)13-14-39(45)12-9-22-62(44-19-27-73-48(44)31-43(47(68)33-67)40-15-16-42-41(30-40)18-26-66-36-65-32-46(42)66)58(3,64(63)53(75-64)54(71)76-62)23-17-49(63)61(51)35-74-56(72)60(55(61)77-57)25-24-59(34-60)20-7-8-21-59/h4-6,10-11,18-19,26-27,38-43,45-47,49,51-53,55,65,67-68,70H,7-8,13-17,20-25,28-36H2,1-3H3. The van der Waals surface area contributed by atoms with Crippen LogP contribution in [0.1, 0.15) is 140 Å². The van der Waals surface area contributed by atoms with Gasteiger partial charge in [-0.15, -0.1) is 0 Å². The van der Waals surface area contributed by atoms with Crippen molar-refractivity contribution in [1.82, 2.24) is 10.2 Å². The number of fused-ring (bicyclic) bond motifs is 5. The average molecular weight is 1050 g/mol. The Hall–Kier alpha value is -4.03. The van der Waals surface area contributed by atoms with Gasteiger partial charge in [0.15, 0.2) is 17.5 Å². The largest absolute Gasteiger partial charge is 0.469 e. The number of aliphatic hydroxyl groups excluding tert-OH is 3. The summed E-state index contributed by atoms with van der Waals surface area (Å²) in [6.07, 6.45) is 16.1. The number of Topliss-reactive ketones (excluding diaryl/α,β-unsaturated/α-hetero) is 1. The van der Waals surface area contributed by atoms with E-state index >= 15 is 9.59 Å². The van der Waals surface area contributed by atoms with Gasteiger partial charge in [0.1, 0.15) is 24.1 Å². The monoisotopic (exact) mass is 1050 g/mol. The lowest BCUT2D eigenvalue weighted by atomic mass is 9.30. The number of cyclic esters (lactones) is 1. The van der Waals surface area contributed by atoms with Gasteiger partial charge in [0, 0.05) is 46.7 Å². The Morgan fingerprint density at radius 1 is 0.935 bits per heavy atom. The molecule has 15 rings (SSSR count). The molecular weight excluding hydrogens is 973 g/mol. The number of ether oxygens (including phenoxy) is 4. The molecule has 13 heteroatoms. The maximum atomic E-state index is 16.5. The fraction of sp³-hybridized carbons (Fsp3) is 0.734. The van der Waals surface area contributed by atoms with E-state index in [-0.39, 0.29) is 59.8 Å². The Morgan fingerprint density at radius 3 is 2.58 bits per heavy atom. The molecule has 2 aromatic rings. The predicted molar refractivity (Wildman–Crippen MR) is 280 cm³/mol. The van der Waals surface area contributed by atoms with Crippen molar-refractivity contribution < 1.29 is 53.1 Å². The number of hydrogen-bond acceptors (Lipinski definition) is 13. The number of hydrogen-bond donors (Lipinski definition) is 4. The van der Waals surface area contributed by atoms with Gasteiger partial charge in [-0.05, 0) is 168 Å². The van der Waals surface area contributed by atoms with E-state index in [1.54, 1.807) is 6.26 Å². The maximum absolute atomic E-state index is 16.5. The third-order valence-electron chi connectivity index (χ3n) is 25.1. The molecule has 4 N–H and O–H groups in total. The molecule has 7 heterocycles. The van der Waals surface area contributed by atoms with Crippen molar-refractivity contribution in [1.29, 1.82) is 0 Å². The SMILES string of the molecule is CC1(C)OC2C3(CCC4(CCCC4)C3)C(=O)OCC23C1C(=O)C(O)C12C4CC(Cc5ccccc5)CCC4C#CCC4(c5ccoc5CC(C(O)CO)C5CCC6C(C=CN7CNCC67)C5)OC(=O)C5OC51C4(C)CCC32. The molecule has 4 bridgehead atoms. The number of allylic oxidation sites excluding steroid dienone is 1. The van der Waals surface area contributed by atoms with Crippen molar-refractivity contribution in [3.8, 4) is 11.8 Å². The quantitative estimate of drug-likeness (QED) is 0.116. The van der Waals surface area contributed by atoms with Gasteiger partial charge in [-0.1, -0.05) is 68.0 Å². The fourth-order valence-corrected chi connectivity index (χ4v) is 22.3. The minimum Gasteiger partial charge on any atom is -0.469 e. The van der Waals surface area contributed by atoms with Crippen LogP contribution in [0.4, 0.5) is 0 Å². The molecule has 11 fully saturated rings. The molecule has 1 aromatic heterocycles. The molecule has 0 amide bonds. The number of nitrogens with zero attached hydrogens (tertiary/aromatic N) is 1. The van der Waals surface area contributed by atoms with Crippen LogP contribution in [0.5, 0.6) is 0 Å². The van der Waals surface area contributed by atoms with Gasteiger partial charge < -0.3 is 43.6 Å². The lowest BCUT2D eigenvalue weighted by molar-refractivity contribution is -0.301. The van der Waals surface area contributed by atoms with Crippen LogP contribution in [-0.2, 0) is 51.8 Å². The van der Waals surface area contributed by atoms with E-state index in [0.717, 1.165) is 83.8 Å². The number of furan rings is 1. The first-order valence-corrected chi connectivity index (χ1v) is 30.1. The Balaban J connectivity index is 0.891. The molecule has 412 valence electrons. The van der Waals surface area contributed by atoms with Crippen molar-refractivity contribution in [2.24, 2.45) is 80.3 Å². The first kappa shape index (κ1) is 50.0. The highest BCUT2D eigenvalue weighted by molar-refractivity contribution is 5.93. The number of carbonyl (C=O) groups excluding carboxylic acids is 3. The van der Waals surface area contributed by atoms with E-state index in [1.165, 1.54) is 5.56 Å². The van der Waals surface area contributed by atoms with E-state index in [1.807, 2.05) is 26.0 Å². The zero-order valence-corrected chi connectivity index (χ0v) is 45.4. The third kappa shape index (κ3) is 6.33. The first-order chi connectivity index (χ1) is 37.1. The molecule has 13 nitrogen and oxygen atoms in total. The second-order valence-corrected chi connectivity index (χ2v) is 28.3. The highest BCUT2D eigenvalue weighted by Crippen LogP contribution is 2.85. The predicted octanol–water partition coefficient (Wildman–Crippen LogP) is 7.57. The Morgan fingerprint density at radius 2 is 1.77 bits per heavy atom. The summed E-state index contributed by atoms with van der Waals surface area (Å²) in [6.45, 7) is 7.62. The van der Waals surface area contributed by atoms with Crippen molar-refractivity contribution in [3.63, 3.8) is 0 Å². The summed E-state index contributed by atoms with van der Waals surface area (Å²) < 4.78 is 35.5. The van der Waals surface area contributed by atoms with Crippen LogP contribution < -0.4 is 5.32 Å². The maximum Gasteiger partial charge on any atom is 0.339 e. The molecule has 20 unspecified atom stereocenters. The Labute approximate surface area is 453 Å². The lowest BCUT2D eigenvalue weighted by Crippen LogP contribution is -2.81. The third-order valence-corrected chi connectivity index (χ3v) is 25.1. The molecule has 77 heavy (non-hydrogen) atoms. The molecule has 6 aliphatic heterocycles. The average Bonchev–Trinajstić information content (AvgIpc) is 1.80. The van der Waals surface area contributed by atoms with Gasteiger partial charge in [0.25, 0.3) is 0 Å². The Kier molecular flexibility index (Phi) is 11.0. The summed E-state index contributed by atoms with van der Waals surface area (Å²) in [4.78, 5) is 49.5. The fourth-order valence-electron chi connectivity index (χ4n) is 22.3. The summed E-state index contributed by atoms with van der Waals surface area (Å²) in [7, 11) is 0. The summed E-state index contributed by atoms with van der Waals surface area (Å²) in [5.41, 5.74) is -6.41. The van der Waals surface area contributed by atoms with Gasteiger partial charge in [-0.25, -0.2) is 4.79 Å². The smallest absolute Gasteiger partial charge is 0.339 e. The zero-order valence-electron chi connectivity index (χ0n) is 45.4. The van der Waals surface area contributed by atoms with Crippen molar-refractivity contribution in [2.75, 3.05) is 26.4 Å². The number of epoxide rings is 1. The van der Waals surface area contributed by atoms with Crippen LogP contribution in [0.2, 0.25) is 0 Å². The molecule has 1 aromatic carbocycles. The second kappa shape index (κ2) is 17.0. The number of benzene rings is 1. The van der Waals surface area contributed by atoms with E-state index in [0.29, 0.717) is 67.7 Å².